The van der Waals surface area contributed by atoms with Gasteiger partial charge in [-0.2, -0.15) is 0 Å². The van der Waals surface area contributed by atoms with Crippen molar-refractivity contribution in [2.24, 2.45) is 23.7 Å². The molecule has 4 rings (SSSR count). The normalized spacial score (nSPS) is 47.0. The van der Waals surface area contributed by atoms with Gasteiger partial charge in [-0.3, -0.25) is 9.59 Å². The number of aliphatic hydroxyl groups is 5. The van der Waals surface area contributed by atoms with Crippen LogP contribution in [0.15, 0.2) is 18.5 Å². The van der Waals surface area contributed by atoms with Crippen molar-refractivity contribution in [2.45, 2.75) is 185 Å². The Kier molecular flexibility index (Phi) is 15.6. The predicted octanol–water partition coefficient (Wildman–Crippen LogP) is 3.07. The van der Waals surface area contributed by atoms with Gasteiger partial charge < -0.3 is 63.4 Å². The van der Waals surface area contributed by atoms with Crippen LogP contribution in [0.1, 0.15) is 111 Å². The van der Waals surface area contributed by atoms with E-state index >= 15 is 0 Å². The molecule has 0 radical (unpaired) electrons. The average Bonchev–Trinajstić information content (AvgIpc) is 3.61. The number of carbonyl (C=O) groups is 2. The maximum Gasteiger partial charge on any atom is 0.311 e. The average molecular weight is 813 g/mol. The highest BCUT2D eigenvalue weighted by Crippen LogP contribution is 2.44. The number of likely N-dealkylation sites (N-methyl/N-ethyl adjacent to an activating group) is 1. The molecule has 15 nitrogen and oxygen atoms in total. The van der Waals surface area contributed by atoms with Crippen molar-refractivity contribution in [3.63, 3.8) is 0 Å². The van der Waals surface area contributed by atoms with Crippen LogP contribution in [0.4, 0.5) is 0 Å². The van der Waals surface area contributed by atoms with Gasteiger partial charge in [0.25, 0.3) is 0 Å². The molecule has 3 fully saturated rings. The van der Waals surface area contributed by atoms with Crippen molar-refractivity contribution in [1.29, 1.82) is 0 Å². The van der Waals surface area contributed by atoms with Crippen LogP contribution in [0.3, 0.4) is 0 Å². The number of aromatic nitrogens is 1. The molecule has 0 spiro atoms. The van der Waals surface area contributed by atoms with Crippen LogP contribution < -0.4 is 0 Å². The van der Waals surface area contributed by atoms with Gasteiger partial charge in [-0.15, -0.1) is 0 Å². The molecular formula is C42H72N2O13. The Morgan fingerprint density at radius 3 is 2.18 bits per heavy atom. The van der Waals surface area contributed by atoms with Crippen LogP contribution in [0.2, 0.25) is 0 Å². The van der Waals surface area contributed by atoms with Gasteiger partial charge in [0.05, 0.1) is 47.6 Å². The lowest BCUT2D eigenvalue weighted by Crippen LogP contribution is -2.61. The topological polar surface area (TPSA) is 199 Å². The van der Waals surface area contributed by atoms with Crippen LogP contribution in [-0.2, 0) is 33.2 Å². The minimum absolute atomic E-state index is 0.0591. The Morgan fingerprint density at radius 2 is 1.61 bits per heavy atom. The number of cyclic esters (lactones) is 1. The van der Waals surface area contributed by atoms with Crippen LogP contribution in [0.25, 0.3) is 0 Å². The number of aldehydes is 1. The Bertz CT molecular complexity index is 1470. The first kappa shape index (κ1) is 47.7. The van der Waals surface area contributed by atoms with Crippen LogP contribution in [0, 0.1) is 23.7 Å². The first-order valence-corrected chi connectivity index (χ1v) is 20.6. The maximum atomic E-state index is 14.4. The molecule has 0 amide bonds. The lowest BCUT2D eigenvalue weighted by molar-refractivity contribution is -0.318. The summed E-state index contributed by atoms with van der Waals surface area (Å²) >= 11 is 0. The smallest absolute Gasteiger partial charge is 0.311 e. The predicted molar refractivity (Wildman–Crippen MR) is 210 cm³/mol. The number of carbonyl (C=O) groups excluding carboxylic acids is 2. The van der Waals surface area contributed by atoms with Gasteiger partial charge in [0, 0.05) is 55.4 Å². The molecule has 3 saturated heterocycles. The number of nitrogens with zero attached hydrogens (tertiary/aromatic N) is 2. The molecule has 4 heterocycles. The van der Waals surface area contributed by atoms with Gasteiger partial charge in [0.2, 0.25) is 0 Å². The summed E-state index contributed by atoms with van der Waals surface area (Å²) in [6, 6.07) is 0.744. The molecule has 0 bridgehead atoms. The van der Waals surface area contributed by atoms with E-state index in [0.717, 1.165) is 6.29 Å². The van der Waals surface area contributed by atoms with E-state index in [9.17, 15) is 35.1 Å². The SMILES string of the molecule is CC[C@H]1OC(=O)[C@H](C)[C@@H](O[C@H]2C[C@@](C)(OC)[C@@H](O)[C@H](C)O2)[C@H](C)[C@@H](O[C@@H]2O[C@H](C)C[C@H](N(C)C)[C@H]2O)[C@](C)(O)C[C@@H](C)[C@@H](n2ccc(C=O)c2)[C@H](C)[C@@H](O)[C@]1(C)O. The number of methoxy groups -OCH3 is 1. The fourth-order valence-corrected chi connectivity index (χ4v) is 9.84. The van der Waals surface area contributed by atoms with Crippen molar-refractivity contribution in [1.82, 2.24) is 9.47 Å². The first-order valence-electron chi connectivity index (χ1n) is 20.6. The molecule has 57 heavy (non-hydrogen) atoms. The second-order valence-electron chi connectivity index (χ2n) is 18.2. The summed E-state index contributed by atoms with van der Waals surface area (Å²) in [4.78, 5) is 28.1. The Hall–Kier alpha value is -2.02. The van der Waals surface area contributed by atoms with Gasteiger partial charge in [0.1, 0.15) is 23.9 Å². The molecule has 0 aliphatic carbocycles. The van der Waals surface area contributed by atoms with Crippen molar-refractivity contribution in [2.75, 3.05) is 21.2 Å². The standard InChI is InChI=1S/C42H72N2O13/c1-14-30-42(10,51)35(47)24(4)32(44-16-15-28(20-44)21-45)22(2)18-40(8,50)37(57-39-33(46)29(43(11)12)17-23(3)53-39)25(5)34(26(6)38(49)55-30)56-31-19-41(9,52-13)36(48)27(7)54-31/h15-16,20-27,29-37,39,46-48,50-51H,14,17-19H2,1-13H3/t22-,23-,24+,25+,26-,27+,29+,30-,31+,32-,33-,34+,35-,36+,37-,39+,40-,41-,42-/m1/s1. The van der Waals surface area contributed by atoms with E-state index in [-0.39, 0.29) is 31.4 Å². The number of aliphatic hydroxyl groups excluding tert-OH is 3. The van der Waals surface area contributed by atoms with Crippen LogP contribution in [0.5, 0.6) is 0 Å². The Morgan fingerprint density at radius 1 is 0.965 bits per heavy atom. The minimum atomic E-state index is -1.92. The van der Waals surface area contributed by atoms with E-state index in [4.69, 9.17) is 28.4 Å². The molecular weight excluding hydrogens is 740 g/mol. The van der Waals surface area contributed by atoms with E-state index in [1.165, 1.54) is 14.0 Å². The number of rotatable bonds is 9. The van der Waals surface area contributed by atoms with Crippen molar-refractivity contribution >= 4 is 12.3 Å². The van der Waals surface area contributed by atoms with Gasteiger partial charge in [0.15, 0.2) is 18.9 Å². The fourth-order valence-electron chi connectivity index (χ4n) is 9.84. The van der Waals surface area contributed by atoms with E-state index in [1.54, 1.807) is 71.5 Å². The molecule has 3 aliphatic heterocycles. The number of hydrogen-bond acceptors (Lipinski definition) is 14. The van der Waals surface area contributed by atoms with E-state index < -0.39 is 108 Å². The number of hydrogen-bond donors (Lipinski definition) is 5. The summed E-state index contributed by atoms with van der Waals surface area (Å²) in [6.07, 6.45) is -5.06. The molecule has 1 aromatic heterocycles. The Balaban J connectivity index is 1.90. The second-order valence-corrected chi connectivity index (χ2v) is 18.2. The zero-order chi connectivity index (χ0) is 42.9. The van der Waals surface area contributed by atoms with Gasteiger partial charge >= 0.3 is 5.97 Å². The van der Waals surface area contributed by atoms with Crippen LogP contribution >= 0.6 is 0 Å². The molecule has 19 atom stereocenters. The van der Waals surface area contributed by atoms with Crippen molar-refractivity contribution in [3.8, 4) is 0 Å². The molecule has 1 aromatic rings. The van der Waals surface area contributed by atoms with Crippen LogP contribution in [-0.4, -0.2) is 153 Å². The van der Waals surface area contributed by atoms with Gasteiger partial charge in [-0.05, 0) is 86.9 Å². The summed E-state index contributed by atoms with van der Waals surface area (Å²) in [7, 11) is 5.23. The lowest BCUT2D eigenvalue weighted by Gasteiger charge is -2.49. The molecule has 5 N–H and O–H groups in total. The quantitative estimate of drug-likeness (QED) is 0.180. The van der Waals surface area contributed by atoms with E-state index in [0.29, 0.717) is 12.0 Å². The molecule has 15 heteroatoms. The highest BCUT2D eigenvalue weighted by atomic mass is 16.7. The van der Waals surface area contributed by atoms with Crippen molar-refractivity contribution in [3.05, 3.63) is 24.0 Å². The third kappa shape index (κ3) is 10.1. The third-order valence-corrected chi connectivity index (χ3v) is 13.3. The second kappa shape index (κ2) is 18.7. The summed E-state index contributed by atoms with van der Waals surface area (Å²) in [6.45, 7) is 17.3. The summed E-state index contributed by atoms with van der Waals surface area (Å²) in [5.74, 6) is -3.74. The highest BCUT2D eigenvalue weighted by Gasteiger charge is 2.54. The molecule has 3 aliphatic rings. The number of esters is 1. The monoisotopic (exact) mass is 813 g/mol. The Labute approximate surface area is 338 Å². The van der Waals surface area contributed by atoms with E-state index in [2.05, 4.69) is 0 Å². The first-order chi connectivity index (χ1) is 26.4. The highest BCUT2D eigenvalue weighted by molar-refractivity contribution is 5.74. The summed E-state index contributed by atoms with van der Waals surface area (Å²) in [5, 5.41) is 59.5. The third-order valence-electron chi connectivity index (χ3n) is 13.3. The van der Waals surface area contributed by atoms with E-state index in [1.807, 2.05) is 32.8 Å². The molecule has 328 valence electrons. The van der Waals surface area contributed by atoms with Crippen molar-refractivity contribution < 1.29 is 63.5 Å². The number of ether oxygens (including phenoxy) is 6. The fraction of sp³-hybridized carbons (Fsp3) is 0.857. The summed E-state index contributed by atoms with van der Waals surface area (Å²) in [5.41, 5.74) is -4.28. The largest absolute Gasteiger partial charge is 0.459 e. The zero-order valence-electron chi connectivity index (χ0n) is 36.3. The lowest BCUT2D eigenvalue weighted by atomic mass is 9.72. The molecule has 0 unspecified atom stereocenters. The van der Waals surface area contributed by atoms with Gasteiger partial charge in [-0.1, -0.05) is 27.7 Å². The zero-order valence-corrected chi connectivity index (χ0v) is 36.3. The minimum Gasteiger partial charge on any atom is -0.459 e. The molecule has 0 aromatic carbocycles. The summed E-state index contributed by atoms with van der Waals surface area (Å²) < 4.78 is 39.6. The van der Waals surface area contributed by atoms with Gasteiger partial charge in [-0.25, -0.2) is 0 Å². The maximum absolute atomic E-state index is 14.4. The molecule has 0 saturated carbocycles.